The van der Waals surface area contributed by atoms with Gasteiger partial charge in [-0.05, 0) is 36.1 Å². The second kappa shape index (κ2) is 7.05. The second-order valence-electron chi connectivity index (χ2n) is 6.50. The van der Waals surface area contributed by atoms with Crippen LogP contribution in [0, 0.1) is 0 Å². The maximum atomic E-state index is 11.5. The Balaban J connectivity index is 1.56. The number of methoxy groups -OCH3 is 1. The molecule has 1 aliphatic rings. The topological polar surface area (TPSA) is 55.6 Å². The molecule has 2 aromatic heterocycles. The Morgan fingerprint density at radius 1 is 1.38 bits per heavy atom. The molecule has 4 rings (SSSR count). The number of carbonyl (C=O) groups is 1. The van der Waals surface area contributed by atoms with Crippen molar-refractivity contribution in [3.63, 3.8) is 0 Å². The van der Waals surface area contributed by atoms with Crippen molar-refractivity contribution < 1.29 is 14.1 Å². The summed E-state index contributed by atoms with van der Waals surface area (Å²) in [4.78, 5) is 14.7. The minimum absolute atomic E-state index is 0.126. The van der Waals surface area contributed by atoms with E-state index in [4.69, 9.17) is 9.26 Å². The maximum absolute atomic E-state index is 11.5. The number of thiophene rings is 1. The Kier molecular flexibility index (Phi) is 4.61. The Morgan fingerprint density at radius 3 is 3.04 bits per heavy atom. The first kappa shape index (κ1) is 17.0. The van der Waals surface area contributed by atoms with Gasteiger partial charge in [0, 0.05) is 37.2 Å². The molecule has 5 nitrogen and oxygen atoms in total. The molecule has 0 radical (unpaired) electrons. The van der Waals surface area contributed by atoms with Crippen LogP contribution in [0.4, 0.5) is 0 Å². The molecule has 0 aliphatic carbocycles. The number of carbonyl (C=O) groups excluding carboxylic acids is 1. The number of fused-ring (bicyclic) bond motifs is 1. The average molecular weight is 368 g/mol. The minimum atomic E-state index is 0.126. The van der Waals surface area contributed by atoms with E-state index in [1.807, 2.05) is 30.3 Å². The summed E-state index contributed by atoms with van der Waals surface area (Å²) in [6.07, 6.45) is 0.843. The molecule has 26 heavy (non-hydrogen) atoms. The third-order valence-corrected chi connectivity index (χ3v) is 5.74. The first-order chi connectivity index (χ1) is 12.6. The zero-order chi connectivity index (χ0) is 18.1. The zero-order valence-electron chi connectivity index (χ0n) is 14.8. The molecule has 0 saturated heterocycles. The summed E-state index contributed by atoms with van der Waals surface area (Å²) in [5.41, 5.74) is 4.22. The monoisotopic (exact) mass is 368 g/mol. The average Bonchev–Trinajstić information content (AvgIpc) is 3.28. The molecule has 1 aliphatic heterocycles. The van der Waals surface area contributed by atoms with Crippen LogP contribution in [-0.4, -0.2) is 29.5 Å². The minimum Gasteiger partial charge on any atom is -0.497 e. The van der Waals surface area contributed by atoms with Gasteiger partial charge in [-0.2, -0.15) is 0 Å². The van der Waals surface area contributed by atoms with Crippen molar-refractivity contribution in [1.29, 1.82) is 0 Å². The number of nitrogens with zero attached hydrogens (tertiary/aromatic N) is 2. The first-order valence-corrected chi connectivity index (χ1v) is 9.44. The Bertz CT molecular complexity index is 944. The number of hydrogen-bond donors (Lipinski definition) is 0. The normalized spacial score (nSPS) is 14.2. The summed E-state index contributed by atoms with van der Waals surface area (Å²) in [5, 5.41) is 6.38. The number of ether oxygens (including phenoxy) is 1. The quantitative estimate of drug-likeness (QED) is 0.633. The molecule has 0 spiro atoms. The molecule has 6 heteroatoms. The molecule has 134 valence electrons. The lowest BCUT2D eigenvalue weighted by Gasteiger charge is -2.25. The summed E-state index contributed by atoms with van der Waals surface area (Å²) in [6.45, 7) is 4.15. The van der Waals surface area contributed by atoms with E-state index < -0.39 is 0 Å². The lowest BCUT2D eigenvalue weighted by atomic mass is 10.0. The van der Waals surface area contributed by atoms with Crippen molar-refractivity contribution in [2.75, 3.05) is 13.7 Å². The number of rotatable bonds is 5. The third kappa shape index (κ3) is 3.30. The van der Waals surface area contributed by atoms with Gasteiger partial charge in [-0.15, -0.1) is 11.3 Å². The lowest BCUT2D eigenvalue weighted by Crippen LogP contribution is -2.29. The molecule has 0 N–H and O–H groups in total. The van der Waals surface area contributed by atoms with E-state index in [0.717, 1.165) is 59.3 Å². The largest absolute Gasteiger partial charge is 0.497 e. The zero-order valence-corrected chi connectivity index (χ0v) is 15.6. The highest BCUT2D eigenvalue weighted by Crippen LogP contribution is 2.32. The summed E-state index contributed by atoms with van der Waals surface area (Å²) >= 11 is 1.52. The highest BCUT2D eigenvalue weighted by atomic mass is 32.1. The highest BCUT2D eigenvalue weighted by molar-refractivity contribution is 7.12. The molecule has 0 atom stereocenters. The maximum Gasteiger partial charge on any atom is 0.169 e. The van der Waals surface area contributed by atoms with Gasteiger partial charge in [0.2, 0.25) is 0 Å². The van der Waals surface area contributed by atoms with Crippen LogP contribution in [0.15, 0.2) is 40.2 Å². The fourth-order valence-electron chi connectivity index (χ4n) is 3.30. The number of hydrogen-bond acceptors (Lipinski definition) is 6. The standard InChI is InChI=1S/C20H20N2O3S/c1-13(23)19-8-14(12-26-19)10-22-7-6-18-17(11-22)20(21-25-18)15-4-3-5-16(9-15)24-2/h3-5,8-9,12H,6-7,10-11H2,1-2H3. The van der Waals surface area contributed by atoms with E-state index in [9.17, 15) is 4.79 Å². The fraction of sp³-hybridized carbons (Fsp3) is 0.300. The van der Waals surface area contributed by atoms with Gasteiger partial charge in [-0.3, -0.25) is 9.69 Å². The van der Waals surface area contributed by atoms with Gasteiger partial charge >= 0.3 is 0 Å². The van der Waals surface area contributed by atoms with E-state index in [-0.39, 0.29) is 5.78 Å². The van der Waals surface area contributed by atoms with Crippen LogP contribution in [0.2, 0.25) is 0 Å². The molecule has 0 unspecified atom stereocenters. The van der Waals surface area contributed by atoms with E-state index in [0.29, 0.717) is 0 Å². The predicted octanol–water partition coefficient (Wildman–Crippen LogP) is 4.17. The fourth-order valence-corrected chi connectivity index (χ4v) is 4.10. The van der Waals surface area contributed by atoms with E-state index in [1.165, 1.54) is 16.9 Å². The van der Waals surface area contributed by atoms with Gasteiger partial charge in [0.25, 0.3) is 0 Å². The molecular weight excluding hydrogens is 348 g/mol. The summed E-state index contributed by atoms with van der Waals surface area (Å²) in [5.74, 6) is 1.90. The number of benzene rings is 1. The van der Waals surface area contributed by atoms with Crippen molar-refractivity contribution in [3.05, 3.63) is 57.5 Å². The van der Waals surface area contributed by atoms with Crippen LogP contribution >= 0.6 is 11.3 Å². The molecule has 1 aromatic carbocycles. The van der Waals surface area contributed by atoms with Gasteiger partial charge < -0.3 is 9.26 Å². The Hall–Kier alpha value is -2.44. The van der Waals surface area contributed by atoms with Crippen LogP contribution in [0.3, 0.4) is 0 Å². The van der Waals surface area contributed by atoms with Gasteiger partial charge in [0.1, 0.15) is 17.2 Å². The molecule has 3 heterocycles. The van der Waals surface area contributed by atoms with Crippen molar-refractivity contribution in [1.82, 2.24) is 10.1 Å². The van der Waals surface area contributed by atoms with Gasteiger partial charge in [-0.25, -0.2) is 0 Å². The van der Waals surface area contributed by atoms with Crippen molar-refractivity contribution in [2.45, 2.75) is 26.4 Å². The molecule has 0 bridgehead atoms. The van der Waals surface area contributed by atoms with Crippen LogP contribution in [0.25, 0.3) is 11.3 Å². The second-order valence-corrected chi connectivity index (χ2v) is 7.41. The molecule has 0 amide bonds. The Morgan fingerprint density at radius 2 is 2.27 bits per heavy atom. The van der Waals surface area contributed by atoms with Crippen LogP contribution in [-0.2, 0) is 19.5 Å². The van der Waals surface area contributed by atoms with Crippen molar-refractivity contribution >= 4 is 17.1 Å². The molecule has 0 saturated carbocycles. The predicted molar refractivity (Wildman–Crippen MR) is 101 cm³/mol. The third-order valence-electron chi connectivity index (χ3n) is 4.66. The van der Waals surface area contributed by atoms with E-state index in [2.05, 4.69) is 15.4 Å². The number of ketones is 1. The molecular formula is C20H20N2O3S. The number of Topliss-reactive ketones (excluding diaryl/α,β-unsaturated/α-hetero) is 1. The van der Waals surface area contributed by atoms with E-state index in [1.54, 1.807) is 14.0 Å². The van der Waals surface area contributed by atoms with Crippen LogP contribution < -0.4 is 4.74 Å². The Labute approximate surface area is 156 Å². The SMILES string of the molecule is COc1cccc(-c2noc3c2CN(Cc2csc(C(C)=O)c2)CC3)c1. The summed E-state index contributed by atoms with van der Waals surface area (Å²) in [6, 6.07) is 9.89. The number of aromatic nitrogens is 1. The molecule has 3 aromatic rings. The first-order valence-electron chi connectivity index (χ1n) is 8.56. The highest BCUT2D eigenvalue weighted by Gasteiger charge is 2.25. The van der Waals surface area contributed by atoms with Gasteiger partial charge in [0.15, 0.2) is 5.78 Å². The van der Waals surface area contributed by atoms with Gasteiger partial charge in [-0.1, -0.05) is 17.3 Å². The van der Waals surface area contributed by atoms with Crippen LogP contribution in [0.5, 0.6) is 5.75 Å². The molecule has 0 fully saturated rings. The van der Waals surface area contributed by atoms with E-state index >= 15 is 0 Å². The lowest BCUT2D eigenvalue weighted by molar-refractivity contribution is 0.102. The smallest absolute Gasteiger partial charge is 0.169 e. The van der Waals surface area contributed by atoms with Crippen LogP contribution in [0.1, 0.15) is 33.5 Å². The van der Waals surface area contributed by atoms with Crippen molar-refractivity contribution in [2.24, 2.45) is 0 Å². The van der Waals surface area contributed by atoms with Gasteiger partial charge in [0.05, 0.1) is 12.0 Å². The summed E-state index contributed by atoms with van der Waals surface area (Å²) < 4.78 is 10.9. The van der Waals surface area contributed by atoms with Crippen molar-refractivity contribution in [3.8, 4) is 17.0 Å². The summed E-state index contributed by atoms with van der Waals surface area (Å²) in [7, 11) is 1.66.